The molecule has 1 fully saturated rings. The van der Waals surface area contributed by atoms with Crippen LogP contribution < -0.4 is 10.6 Å². The van der Waals surface area contributed by atoms with Gasteiger partial charge in [-0.3, -0.25) is 0 Å². The molecule has 0 aromatic heterocycles. The van der Waals surface area contributed by atoms with Crippen LogP contribution >= 0.6 is 15.9 Å². The van der Waals surface area contributed by atoms with Gasteiger partial charge in [0.2, 0.25) is 0 Å². The molecule has 1 aliphatic rings. The number of rotatable bonds is 3. The Balaban J connectivity index is 2.20. The molecule has 1 atom stereocenters. The second kappa shape index (κ2) is 6.28. The quantitative estimate of drug-likeness (QED) is 0.388. The molecule has 2 rings (SSSR count). The normalized spacial score (nSPS) is 20.6. The van der Waals surface area contributed by atoms with E-state index in [4.69, 9.17) is 10.9 Å². The molecule has 0 amide bonds. The first kappa shape index (κ1) is 14.2. The highest BCUT2D eigenvalue weighted by atomic mass is 79.9. The second-order valence-corrected chi connectivity index (χ2v) is 5.87. The lowest BCUT2D eigenvalue weighted by Crippen LogP contribution is -2.35. The summed E-state index contributed by atoms with van der Waals surface area (Å²) in [5, 5.41) is 11.8. The Bertz CT molecular complexity index is 476. The fraction of sp³-hybridized carbons (Fsp3) is 0.500. The van der Waals surface area contributed by atoms with E-state index in [0.29, 0.717) is 0 Å². The molecule has 104 valence electrons. The SMILES string of the molecule is CCC1CCCN(c2ccc(/C(N)=N/O)c(Br)c2)C1. The van der Waals surface area contributed by atoms with Crippen molar-refractivity contribution < 1.29 is 5.21 Å². The Kier molecular flexibility index (Phi) is 4.69. The molecule has 3 N–H and O–H groups in total. The van der Waals surface area contributed by atoms with E-state index < -0.39 is 0 Å². The van der Waals surface area contributed by atoms with E-state index in [1.54, 1.807) is 0 Å². The molecule has 1 aromatic rings. The third-order valence-electron chi connectivity index (χ3n) is 3.80. The summed E-state index contributed by atoms with van der Waals surface area (Å²) in [6.45, 7) is 4.48. The van der Waals surface area contributed by atoms with Gasteiger partial charge < -0.3 is 15.8 Å². The third-order valence-corrected chi connectivity index (χ3v) is 4.45. The molecular weight excluding hydrogens is 306 g/mol. The van der Waals surface area contributed by atoms with Crippen LogP contribution in [0.2, 0.25) is 0 Å². The molecule has 1 saturated heterocycles. The number of halogens is 1. The van der Waals surface area contributed by atoms with Gasteiger partial charge in [0.15, 0.2) is 5.84 Å². The fourth-order valence-electron chi connectivity index (χ4n) is 2.60. The van der Waals surface area contributed by atoms with Gasteiger partial charge in [-0.25, -0.2) is 0 Å². The van der Waals surface area contributed by atoms with E-state index in [9.17, 15) is 0 Å². The summed E-state index contributed by atoms with van der Waals surface area (Å²) in [6, 6.07) is 5.98. The van der Waals surface area contributed by atoms with Crippen molar-refractivity contribution in [2.75, 3.05) is 18.0 Å². The summed E-state index contributed by atoms with van der Waals surface area (Å²) in [6.07, 6.45) is 3.81. The van der Waals surface area contributed by atoms with E-state index >= 15 is 0 Å². The van der Waals surface area contributed by atoms with Crippen LogP contribution in [0.25, 0.3) is 0 Å². The van der Waals surface area contributed by atoms with E-state index in [-0.39, 0.29) is 5.84 Å². The minimum absolute atomic E-state index is 0.128. The van der Waals surface area contributed by atoms with Gasteiger partial charge in [0.1, 0.15) is 0 Å². The van der Waals surface area contributed by atoms with Crippen molar-refractivity contribution in [3.63, 3.8) is 0 Å². The largest absolute Gasteiger partial charge is 0.409 e. The van der Waals surface area contributed by atoms with Crippen LogP contribution in [0.1, 0.15) is 31.7 Å². The summed E-state index contributed by atoms with van der Waals surface area (Å²) < 4.78 is 0.860. The number of piperidine rings is 1. The molecule has 4 nitrogen and oxygen atoms in total. The first-order valence-electron chi connectivity index (χ1n) is 6.68. The highest BCUT2D eigenvalue weighted by Crippen LogP contribution is 2.28. The molecular formula is C14H20BrN3O. The number of nitrogens with zero attached hydrogens (tertiary/aromatic N) is 2. The fourth-order valence-corrected chi connectivity index (χ4v) is 3.16. The van der Waals surface area contributed by atoms with Crippen LogP contribution in [0.3, 0.4) is 0 Å². The predicted molar refractivity (Wildman–Crippen MR) is 81.9 cm³/mol. The molecule has 0 saturated carbocycles. The Morgan fingerprint density at radius 2 is 2.37 bits per heavy atom. The van der Waals surface area contributed by atoms with E-state index in [2.05, 4.69) is 32.9 Å². The van der Waals surface area contributed by atoms with E-state index in [1.807, 2.05) is 18.2 Å². The minimum Gasteiger partial charge on any atom is -0.409 e. The van der Waals surface area contributed by atoms with Crippen LogP contribution in [0.15, 0.2) is 27.8 Å². The van der Waals surface area contributed by atoms with Gasteiger partial charge in [-0.1, -0.05) is 18.5 Å². The molecule has 0 bridgehead atoms. The summed E-state index contributed by atoms with van der Waals surface area (Å²) in [5.74, 6) is 0.916. The molecule has 5 heteroatoms. The summed E-state index contributed by atoms with van der Waals surface area (Å²) >= 11 is 3.49. The molecule has 1 aliphatic heterocycles. The van der Waals surface area contributed by atoms with E-state index in [1.165, 1.54) is 24.9 Å². The summed E-state index contributed by atoms with van der Waals surface area (Å²) in [4.78, 5) is 2.42. The monoisotopic (exact) mass is 325 g/mol. The first-order valence-corrected chi connectivity index (χ1v) is 7.47. The van der Waals surface area contributed by atoms with Gasteiger partial charge in [0.05, 0.1) is 0 Å². The maximum atomic E-state index is 8.73. The van der Waals surface area contributed by atoms with Crippen LogP contribution in [0.5, 0.6) is 0 Å². The van der Waals surface area contributed by atoms with Crippen molar-refractivity contribution in [3.05, 3.63) is 28.2 Å². The zero-order chi connectivity index (χ0) is 13.8. The topological polar surface area (TPSA) is 61.8 Å². The van der Waals surface area contributed by atoms with Crippen LogP contribution in [0, 0.1) is 5.92 Å². The minimum atomic E-state index is 0.128. The zero-order valence-electron chi connectivity index (χ0n) is 11.1. The Morgan fingerprint density at radius 1 is 1.58 bits per heavy atom. The van der Waals surface area contributed by atoms with Crippen molar-refractivity contribution in [2.45, 2.75) is 26.2 Å². The van der Waals surface area contributed by atoms with Gasteiger partial charge in [-0.2, -0.15) is 0 Å². The molecule has 0 spiro atoms. The highest BCUT2D eigenvalue weighted by molar-refractivity contribution is 9.10. The van der Waals surface area contributed by atoms with Crippen LogP contribution in [0.4, 0.5) is 5.69 Å². The number of oxime groups is 1. The maximum absolute atomic E-state index is 8.73. The van der Waals surface area contributed by atoms with E-state index in [0.717, 1.165) is 29.0 Å². The van der Waals surface area contributed by atoms with Crippen LogP contribution in [-0.2, 0) is 0 Å². The molecule has 0 aliphatic carbocycles. The molecule has 1 aromatic carbocycles. The number of hydrogen-bond donors (Lipinski definition) is 2. The Morgan fingerprint density at radius 3 is 3.00 bits per heavy atom. The molecule has 0 radical (unpaired) electrons. The highest BCUT2D eigenvalue weighted by Gasteiger charge is 2.19. The van der Waals surface area contributed by atoms with Crippen LogP contribution in [-0.4, -0.2) is 24.1 Å². The molecule has 19 heavy (non-hydrogen) atoms. The lowest BCUT2D eigenvalue weighted by Gasteiger charge is -2.34. The molecule has 1 heterocycles. The smallest absolute Gasteiger partial charge is 0.171 e. The maximum Gasteiger partial charge on any atom is 0.171 e. The van der Waals surface area contributed by atoms with Gasteiger partial charge in [-0.15, -0.1) is 0 Å². The lowest BCUT2D eigenvalue weighted by atomic mass is 9.95. The van der Waals surface area contributed by atoms with Gasteiger partial charge >= 0.3 is 0 Å². The third kappa shape index (κ3) is 3.21. The standard InChI is InChI=1S/C14H20BrN3O/c1-2-10-4-3-7-18(9-10)11-5-6-12(13(15)8-11)14(16)17-19/h5-6,8,10,19H,2-4,7,9H2,1H3,(H2,16,17). The first-order chi connectivity index (χ1) is 9.15. The van der Waals surface area contributed by atoms with Crippen molar-refractivity contribution in [1.29, 1.82) is 0 Å². The van der Waals surface area contributed by atoms with Crippen molar-refractivity contribution in [1.82, 2.24) is 0 Å². The number of nitrogens with two attached hydrogens (primary N) is 1. The van der Waals surface area contributed by atoms with Gasteiger partial charge in [-0.05, 0) is 52.9 Å². The number of benzene rings is 1. The second-order valence-electron chi connectivity index (χ2n) is 5.01. The number of anilines is 1. The number of amidine groups is 1. The average molecular weight is 326 g/mol. The lowest BCUT2D eigenvalue weighted by molar-refractivity contribution is 0.318. The summed E-state index contributed by atoms with van der Waals surface area (Å²) in [7, 11) is 0. The van der Waals surface area contributed by atoms with Crippen molar-refractivity contribution >= 4 is 27.5 Å². The number of hydrogen-bond acceptors (Lipinski definition) is 3. The Labute approximate surface area is 122 Å². The average Bonchev–Trinajstić information content (AvgIpc) is 2.46. The van der Waals surface area contributed by atoms with Gasteiger partial charge in [0.25, 0.3) is 0 Å². The van der Waals surface area contributed by atoms with Gasteiger partial charge in [0, 0.05) is 28.8 Å². The van der Waals surface area contributed by atoms with Crippen molar-refractivity contribution in [2.24, 2.45) is 16.8 Å². The Hall–Kier alpha value is -1.23. The predicted octanol–water partition coefficient (Wildman–Crippen LogP) is 3.17. The summed E-state index contributed by atoms with van der Waals surface area (Å²) in [5.41, 5.74) is 7.54. The zero-order valence-corrected chi connectivity index (χ0v) is 12.7. The van der Waals surface area contributed by atoms with Crippen molar-refractivity contribution in [3.8, 4) is 0 Å². The molecule has 1 unspecified atom stereocenters.